The molecule has 0 heterocycles. The topological polar surface area (TPSA) is 50.4 Å². The van der Waals surface area contributed by atoms with Crippen molar-refractivity contribution in [2.75, 3.05) is 17.2 Å². The molecular weight excluding hydrogens is 300 g/mol. The van der Waals surface area contributed by atoms with Crippen LogP contribution in [0.15, 0.2) is 48.5 Å². The molecule has 128 valence electrons. The van der Waals surface area contributed by atoms with Crippen LogP contribution in [0.25, 0.3) is 0 Å². The van der Waals surface area contributed by atoms with Crippen molar-refractivity contribution >= 4 is 17.3 Å². The summed E-state index contributed by atoms with van der Waals surface area (Å²) >= 11 is 0. The second kappa shape index (κ2) is 8.96. The molecule has 4 heteroatoms. The zero-order valence-corrected chi connectivity index (χ0v) is 14.6. The van der Waals surface area contributed by atoms with E-state index in [1.54, 1.807) is 0 Å². The quantitative estimate of drug-likeness (QED) is 0.752. The minimum atomic E-state index is -0.00555. The number of hydrogen-bond donors (Lipinski definition) is 2. The van der Waals surface area contributed by atoms with Crippen LogP contribution in [0.4, 0.5) is 11.4 Å². The maximum absolute atomic E-state index is 12.0. The fourth-order valence-electron chi connectivity index (χ4n) is 2.33. The van der Waals surface area contributed by atoms with Crippen LogP contribution in [-0.2, 0) is 11.2 Å². The molecule has 0 bridgehead atoms. The van der Waals surface area contributed by atoms with E-state index in [0.717, 1.165) is 23.5 Å². The van der Waals surface area contributed by atoms with Gasteiger partial charge in [0.25, 0.3) is 0 Å². The van der Waals surface area contributed by atoms with Crippen LogP contribution in [0.2, 0.25) is 0 Å². The lowest BCUT2D eigenvalue weighted by molar-refractivity contribution is -0.115. The summed E-state index contributed by atoms with van der Waals surface area (Å²) in [6.07, 6.45) is 1.50. The molecule has 2 rings (SSSR count). The zero-order valence-electron chi connectivity index (χ0n) is 14.6. The second-order valence-electron chi connectivity index (χ2n) is 5.94. The molecule has 1 amide bonds. The number of ether oxygens (including phenoxy) is 1. The number of carbonyl (C=O) groups is 1. The lowest BCUT2D eigenvalue weighted by Gasteiger charge is -2.15. The first-order chi connectivity index (χ1) is 11.6. The molecule has 0 fully saturated rings. The van der Waals surface area contributed by atoms with Gasteiger partial charge in [-0.1, -0.05) is 31.2 Å². The lowest BCUT2D eigenvalue weighted by atomic mass is 10.1. The molecular formula is C20H26N2O2. The molecule has 0 unspecified atom stereocenters. The van der Waals surface area contributed by atoms with Crippen LogP contribution in [0, 0.1) is 0 Å². The van der Waals surface area contributed by atoms with Gasteiger partial charge in [-0.3, -0.25) is 4.79 Å². The zero-order chi connectivity index (χ0) is 17.4. The summed E-state index contributed by atoms with van der Waals surface area (Å²) < 4.78 is 5.76. The summed E-state index contributed by atoms with van der Waals surface area (Å²) in [5.74, 6) is 0.803. The average molecular weight is 326 g/mol. The Hall–Kier alpha value is -2.49. The van der Waals surface area contributed by atoms with Gasteiger partial charge >= 0.3 is 0 Å². The van der Waals surface area contributed by atoms with Crippen molar-refractivity contribution in [3.05, 3.63) is 54.1 Å². The van der Waals surface area contributed by atoms with Gasteiger partial charge in [0.05, 0.1) is 11.8 Å². The summed E-state index contributed by atoms with van der Waals surface area (Å²) in [5.41, 5.74) is 3.00. The molecule has 0 aliphatic carbocycles. The van der Waals surface area contributed by atoms with E-state index in [-0.39, 0.29) is 12.0 Å². The van der Waals surface area contributed by atoms with Gasteiger partial charge in [-0.25, -0.2) is 0 Å². The molecule has 0 atom stereocenters. The highest BCUT2D eigenvalue weighted by Crippen LogP contribution is 2.24. The van der Waals surface area contributed by atoms with Crippen LogP contribution in [0.5, 0.6) is 5.75 Å². The van der Waals surface area contributed by atoms with E-state index in [0.29, 0.717) is 13.0 Å². The molecule has 0 aliphatic heterocycles. The first-order valence-corrected chi connectivity index (χ1v) is 8.47. The number of benzene rings is 2. The van der Waals surface area contributed by atoms with Crippen molar-refractivity contribution in [3.63, 3.8) is 0 Å². The molecule has 0 aromatic heterocycles. The number of para-hydroxylation sites is 2. The summed E-state index contributed by atoms with van der Waals surface area (Å²) in [5, 5.41) is 6.18. The molecule has 0 saturated carbocycles. The van der Waals surface area contributed by atoms with E-state index in [2.05, 4.69) is 17.6 Å². The Balaban J connectivity index is 1.82. The van der Waals surface area contributed by atoms with E-state index >= 15 is 0 Å². The fourth-order valence-corrected chi connectivity index (χ4v) is 2.33. The van der Waals surface area contributed by atoms with Gasteiger partial charge < -0.3 is 15.4 Å². The van der Waals surface area contributed by atoms with Gasteiger partial charge in [0.1, 0.15) is 5.75 Å². The molecule has 2 N–H and O–H groups in total. The monoisotopic (exact) mass is 326 g/mol. The lowest BCUT2D eigenvalue weighted by Crippen LogP contribution is -2.17. The normalized spacial score (nSPS) is 10.5. The number of rotatable bonds is 8. The minimum Gasteiger partial charge on any atom is -0.489 e. The first kappa shape index (κ1) is 17.9. The molecule has 0 radical (unpaired) electrons. The van der Waals surface area contributed by atoms with Crippen LogP contribution in [0.3, 0.4) is 0 Å². The summed E-state index contributed by atoms with van der Waals surface area (Å²) in [6.45, 7) is 6.65. The van der Waals surface area contributed by atoms with Gasteiger partial charge in [-0.2, -0.15) is 0 Å². The molecule has 0 aliphatic rings. The predicted octanol–water partition coefficient (Wildman–Crippen LogP) is 4.48. The number of aryl methyl sites for hydroxylation is 1. The van der Waals surface area contributed by atoms with Crippen molar-refractivity contribution in [3.8, 4) is 5.75 Å². The Bertz CT molecular complexity index is 651. The Labute approximate surface area is 144 Å². The standard InChI is InChI=1S/C20H26N2O2/c1-4-16-9-11-17(12-10-16)22-20(23)13-14-21-18-7-5-6-8-19(18)24-15(2)3/h5-12,15,21H,4,13-14H2,1-3H3,(H,22,23). The van der Waals surface area contributed by atoms with Crippen molar-refractivity contribution in [1.29, 1.82) is 0 Å². The highest BCUT2D eigenvalue weighted by atomic mass is 16.5. The number of hydrogen-bond acceptors (Lipinski definition) is 3. The van der Waals surface area contributed by atoms with Gasteiger partial charge in [0.2, 0.25) is 5.91 Å². The third-order valence-electron chi connectivity index (χ3n) is 3.56. The van der Waals surface area contributed by atoms with Gasteiger partial charge in [0, 0.05) is 18.7 Å². The van der Waals surface area contributed by atoms with E-state index in [4.69, 9.17) is 4.74 Å². The number of nitrogens with one attached hydrogen (secondary N) is 2. The molecule has 0 saturated heterocycles. The largest absolute Gasteiger partial charge is 0.489 e. The summed E-state index contributed by atoms with van der Waals surface area (Å²) in [4.78, 5) is 12.0. The first-order valence-electron chi connectivity index (χ1n) is 8.47. The van der Waals surface area contributed by atoms with Crippen LogP contribution in [0.1, 0.15) is 32.8 Å². The van der Waals surface area contributed by atoms with Crippen LogP contribution >= 0.6 is 0 Å². The third kappa shape index (κ3) is 5.61. The Morgan fingerprint density at radius 3 is 2.46 bits per heavy atom. The molecule has 0 spiro atoms. The van der Waals surface area contributed by atoms with E-state index in [9.17, 15) is 4.79 Å². The third-order valence-corrected chi connectivity index (χ3v) is 3.56. The van der Waals surface area contributed by atoms with Gasteiger partial charge in [0.15, 0.2) is 0 Å². The Kier molecular flexibility index (Phi) is 6.67. The van der Waals surface area contributed by atoms with Gasteiger partial charge in [-0.05, 0) is 50.1 Å². The number of anilines is 2. The Morgan fingerprint density at radius 2 is 1.79 bits per heavy atom. The predicted molar refractivity (Wildman–Crippen MR) is 99.8 cm³/mol. The highest BCUT2D eigenvalue weighted by molar-refractivity contribution is 5.91. The molecule has 2 aromatic carbocycles. The number of amides is 1. The van der Waals surface area contributed by atoms with Crippen LogP contribution < -0.4 is 15.4 Å². The van der Waals surface area contributed by atoms with Gasteiger partial charge in [-0.15, -0.1) is 0 Å². The average Bonchev–Trinajstić information content (AvgIpc) is 2.56. The van der Waals surface area contributed by atoms with Crippen molar-refractivity contribution in [1.82, 2.24) is 0 Å². The van der Waals surface area contributed by atoms with Crippen molar-refractivity contribution < 1.29 is 9.53 Å². The highest BCUT2D eigenvalue weighted by Gasteiger charge is 2.06. The van der Waals surface area contributed by atoms with E-state index < -0.39 is 0 Å². The minimum absolute atomic E-state index is 0.00555. The maximum Gasteiger partial charge on any atom is 0.226 e. The second-order valence-corrected chi connectivity index (χ2v) is 5.94. The van der Waals surface area contributed by atoms with E-state index in [1.807, 2.05) is 62.4 Å². The summed E-state index contributed by atoms with van der Waals surface area (Å²) in [6, 6.07) is 15.7. The summed E-state index contributed by atoms with van der Waals surface area (Å²) in [7, 11) is 0. The fraction of sp³-hybridized carbons (Fsp3) is 0.350. The molecule has 4 nitrogen and oxygen atoms in total. The van der Waals surface area contributed by atoms with Crippen molar-refractivity contribution in [2.45, 2.75) is 39.7 Å². The van der Waals surface area contributed by atoms with Crippen molar-refractivity contribution in [2.24, 2.45) is 0 Å². The van der Waals surface area contributed by atoms with E-state index in [1.165, 1.54) is 5.56 Å². The SMILES string of the molecule is CCc1ccc(NC(=O)CCNc2ccccc2OC(C)C)cc1. The molecule has 24 heavy (non-hydrogen) atoms. The molecule has 2 aromatic rings. The van der Waals surface area contributed by atoms with Crippen LogP contribution in [-0.4, -0.2) is 18.6 Å². The maximum atomic E-state index is 12.0. The Morgan fingerprint density at radius 1 is 1.08 bits per heavy atom. The number of carbonyl (C=O) groups excluding carboxylic acids is 1. The smallest absolute Gasteiger partial charge is 0.226 e.